The Bertz CT molecular complexity index is 3640. The lowest BCUT2D eigenvalue weighted by atomic mass is 9.85. The number of rotatable bonds is 19. The molecule has 0 bridgehead atoms. The summed E-state index contributed by atoms with van der Waals surface area (Å²) in [5.74, 6) is -4.68. The SMILES string of the molecule is Cc1ncsc1-c1ccc(CNC(=O)[C@@H]2CCCN2C(=O)[C@@H](NC(=O)c2ccc(OCCn3cc(-c4cnc(N)c5c(-c6ccc(NS(=O)(=O)C(F)F)c(O[C@@H](C)c7ccc(F)cc7)c6)nn(C)c45)cn3)cc2)C(C)(C)C)cc1. The van der Waals surface area contributed by atoms with Gasteiger partial charge in [-0.25, -0.2) is 22.8 Å². The fraction of sp³-hybridized carbons (Fsp3) is 0.304. The van der Waals surface area contributed by atoms with E-state index < -0.39 is 51.1 Å². The highest BCUT2D eigenvalue weighted by atomic mass is 32.2. The van der Waals surface area contributed by atoms with Crippen LogP contribution >= 0.6 is 11.3 Å². The molecular formula is C56H58F3N11O7S2. The van der Waals surface area contributed by atoms with E-state index in [4.69, 9.17) is 20.3 Å². The number of sulfonamides is 1. The number of nitrogen functional groups attached to an aromatic ring is 1. The number of hydrogen-bond donors (Lipinski definition) is 4. The number of pyridine rings is 1. The molecule has 5 N–H and O–H groups in total. The predicted molar refractivity (Wildman–Crippen MR) is 295 cm³/mol. The van der Waals surface area contributed by atoms with E-state index in [1.165, 1.54) is 42.5 Å². The highest BCUT2D eigenvalue weighted by Crippen LogP contribution is 2.41. The molecule has 0 spiro atoms. The summed E-state index contributed by atoms with van der Waals surface area (Å²) in [5, 5.41) is 15.7. The van der Waals surface area contributed by atoms with Gasteiger partial charge in [0.1, 0.15) is 53.6 Å². The van der Waals surface area contributed by atoms with Gasteiger partial charge in [-0.2, -0.15) is 19.0 Å². The van der Waals surface area contributed by atoms with Gasteiger partial charge in [0.05, 0.1) is 45.4 Å². The molecule has 8 aromatic rings. The van der Waals surface area contributed by atoms with Crippen LogP contribution in [0.4, 0.5) is 24.7 Å². The van der Waals surface area contributed by atoms with Crippen LogP contribution < -0.4 is 30.6 Å². The summed E-state index contributed by atoms with van der Waals surface area (Å²) >= 11 is 1.58. The Morgan fingerprint density at radius 2 is 1.66 bits per heavy atom. The largest absolute Gasteiger partial charge is 0.492 e. The number of amides is 3. The van der Waals surface area contributed by atoms with Gasteiger partial charge >= 0.3 is 5.76 Å². The highest BCUT2D eigenvalue weighted by molar-refractivity contribution is 7.93. The number of hydrogen-bond acceptors (Lipinski definition) is 13. The number of halogens is 3. The maximum absolute atomic E-state index is 14.2. The molecule has 5 heterocycles. The topological polar surface area (TPSA) is 231 Å². The number of fused-ring (bicyclic) bond motifs is 1. The van der Waals surface area contributed by atoms with Crippen LogP contribution in [-0.4, -0.2) is 91.6 Å². The quantitative estimate of drug-likeness (QED) is 0.0594. The van der Waals surface area contributed by atoms with Crippen LogP contribution in [0.25, 0.3) is 43.7 Å². The first-order valence-electron chi connectivity index (χ1n) is 25.3. The number of alkyl halides is 2. The van der Waals surface area contributed by atoms with Crippen LogP contribution in [0.15, 0.2) is 115 Å². The Balaban J connectivity index is 0.826. The van der Waals surface area contributed by atoms with Gasteiger partial charge in [-0.05, 0) is 97.3 Å². The van der Waals surface area contributed by atoms with Crippen LogP contribution in [0, 0.1) is 18.2 Å². The van der Waals surface area contributed by atoms with Gasteiger partial charge < -0.3 is 30.7 Å². The van der Waals surface area contributed by atoms with Crippen molar-refractivity contribution in [2.24, 2.45) is 12.5 Å². The van der Waals surface area contributed by atoms with E-state index in [0.717, 1.165) is 21.7 Å². The monoisotopic (exact) mass is 1120 g/mol. The van der Waals surface area contributed by atoms with E-state index in [-0.39, 0.29) is 35.7 Å². The predicted octanol–water partition coefficient (Wildman–Crippen LogP) is 9.29. The van der Waals surface area contributed by atoms with Gasteiger partial charge in [-0.15, -0.1) is 11.3 Å². The summed E-state index contributed by atoms with van der Waals surface area (Å²) in [6.07, 6.45) is 5.45. The molecule has 4 aromatic carbocycles. The van der Waals surface area contributed by atoms with Gasteiger partial charge in [0.15, 0.2) is 0 Å². The van der Waals surface area contributed by atoms with Crippen molar-refractivity contribution >= 4 is 61.5 Å². The molecule has 1 aliphatic heterocycles. The third-order valence-electron chi connectivity index (χ3n) is 13.6. The molecule has 1 saturated heterocycles. The van der Waals surface area contributed by atoms with Gasteiger partial charge in [0.25, 0.3) is 15.9 Å². The van der Waals surface area contributed by atoms with Crippen molar-refractivity contribution in [3.63, 3.8) is 0 Å². The minimum absolute atomic E-state index is 0.101. The Morgan fingerprint density at radius 3 is 2.34 bits per heavy atom. The number of nitrogens with zero attached hydrogens (tertiary/aromatic N) is 7. The van der Waals surface area contributed by atoms with Crippen molar-refractivity contribution in [3.05, 3.63) is 143 Å². The molecule has 9 rings (SSSR count). The summed E-state index contributed by atoms with van der Waals surface area (Å²) in [6.45, 7) is 10.5. The van der Waals surface area contributed by atoms with E-state index in [1.807, 2.05) is 62.2 Å². The molecule has 18 nitrogen and oxygen atoms in total. The normalized spacial score (nSPS) is 14.6. The van der Waals surface area contributed by atoms with E-state index in [9.17, 15) is 36.0 Å². The Morgan fingerprint density at radius 1 is 0.937 bits per heavy atom. The minimum Gasteiger partial charge on any atom is -0.492 e. The van der Waals surface area contributed by atoms with Crippen molar-refractivity contribution < 1.29 is 45.4 Å². The molecule has 1 aliphatic rings. The maximum Gasteiger partial charge on any atom is 0.355 e. The standard InChI is InChI=1S/C56H58F3N11O7S2/c1-32-49(78-31-63-32)36-11-9-34(10-12-36)27-62-53(72)44-8-7-23-70(44)54(73)50(56(3,4)5)65-52(71)37-15-20-41(21-16-37)76-25-24-69-30-39(28-64-69)42-29-61-51(60)46-47(66-68(6)48(42)46)38-17-22-43(67-79(74,75)55(58)59)45(26-38)77-33(2)35-13-18-40(57)19-14-35/h9-22,26,28-31,33,44,50,55,67H,7-8,23-25,27H2,1-6H3,(H2,60,61)(H,62,72)(H,65,71)/t33-,44-,50+/m0/s1. The van der Waals surface area contributed by atoms with Gasteiger partial charge in [0.2, 0.25) is 11.8 Å². The average Bonchev–Trinajstić information content (AvgIpc) is 4.47. The van der Waals surface area contributed by atoms with E-state index >= 15 is 0 Å². The molecule has 1 fully saturated rings. The zero-order valence-corrected chi connectivity index (χ0v) is 45.7. The van der Waals surface area contributed by atoms with E-state index in [1.54, 1.807) is 82.4 Å². The van der Waals surface area contributed by atoms with Crippen LogP contribution in [-0.2, 0) is 39.7 Å². The second kappa shape index (κ2) is 23.0. The number of nitrogens with two attached hydrogens (primary N) is 1. The molecule has 4 aromatic heterocycles. The highest BCUT2D eigenvalue weighted by Gasteiger charge is 2.42. The lowest BCUT2D eigenvalue weighted by molar-refractivity contribution is -0.141. The first kappa shape index (κ1) is 55.4. The summed E-state index contributed by atoms with van der Waals surface area (Å²) in [5.41, 5.74) is 13.8. The molecule has 0 radical (unpaired) electrons. The second-order valence-electron chi connectivity index (χ2n) is 20.2. The second-order valence-corrected chi connectivity index (χ2v) is 22.7. The number of carbonyl (C=O) groups excluding carboxylic acids is 3. The van der Waals surface area contributed by atoms with Crippen LogP contribution in [0.3, 0.4) is 0 Å². The molecular weight excluding hydrogens is 1060 g/mol. The number of aryl methyl sites for hydroxylation is 2. The first-order valence-corrected chi connectivity index (χ1v) is 27.7. The average molecular weight is 1120 g/mol. The van der Waals surface area contributed by atoms with Crippen LogP contribution in [0.5, 0.6) is 11.5 Å². The summed E-state index contributed by atoms with van der Waals surface area (Å²) in [7, 11) is -3.38. The number of thiazole rings is 1. The summed E-state index contributed by atoms with van der Waals surface area (Å²) < 4.78 is 82.6. The van der Waals surface area contributed by atoms with E-state index in [0.29, 0.717) is 82.6 Å². The number of nitrogens with one attached hydrogen (secondary N) is 3. The third-order valence-corrected chi connectivity index (χ3v) is 15.5. The first-order chi connectivity index (χ1) is 37.6. The Hall–Kier alpha value is -8.31. The van der Waals surface area contributed by atoms with Crippen molar-refractivity contribution in [2.45, 2.75) is 84.5 Å². The number of anilines is 2. The molecule has 0 unspecified atom stereocenters. The van der Waals surface area contributed by atoms with Crippen molar-refractivity contribution in [1.29, 1.82) is 0 Å². The lowest BCUT2D eigenvalue weighted by Gasteiger charge is -2.35. The fourth-order valence-electron chi connectivity index (χ4n) is 9.37. The number of ether oxygens (including phenoxy) is 2. The smallest absolute Gasteiger partial charge is 0.355 e. The lowest BCUT2D eigenvalue weighted by Crippen LogP contribution is -2.57. The Kier molecular flexibility index (Phi) is 16.1. The van der Waals surface area contributed by atoms with Gasteiger partial charge in [-0.1, -0.05) is 63.2 Å². The molecule has 3 atom stereocenters. The number of aromatic nitrogens is 6. The summed E-state index contributed by atoms with van der Waals surface area (Å²) in [4.78, 5) is 53.0. The van der Waals surface area contributed by atoms with Gasteiger partial charge in [0, 0.05) is 54.8 Å². The fourth-order valence-corrected chi connectivity index (χ4v) is 10.7. The van der Waals surface area contributed by atoms with Crippen molar-refractivity contribution in [2.75, 3.05) is 23.6 Å². The molecule has 0 aliphatic carbocycles. The van der Waals surface area contributed by atoms with E-state index in [2.05, 4.69) is 25.7 Å². The maximum atomic E-state index is 14.2. The molecule has 412 valence electrons. The summed E-state index contributed by atoms with van der Waals surface area (Å²) in [6, 6.07) is 22.6. The molecule has 79 heavy (non-hydrogen) atoms. The van der Waals surface area contributed by atoms with Crippen molar-refractivity contribution in [3.8, 4) is 44.3 Å². The van der Waals surface area contributed by atoms with Gasteiger partial charge in [-0.3, -0.25) is 28.5 Å². The zero-order valence-electron chi connectivity index (χ0n) is 44.0. The number of carbonyl (C=O) groups is 3. The molecule has 23 heteroatoms. The zero-order chi connectivity index (χ0) is 56.3. The minimum atomic E-state index is -5.09. The molecule has 0 saturated carbocycles. The molecule has 3 amide bonds. The van der Waals surface area contributed by atoms with Crippen molar-refractivity contribution in [1.82, 2.24) is 45.1 Å². The Labute approximate surface area is 458 Å². The third kappa shape index (κ3) is 12.4. The van der Waals surface area contributed by atoms with Crippen LogP contribution in [0.2, 0.25) is 0 Å². The number of likely N-dealkylation sites (tertiary alicyclic amines) is 1. The number of benzene rings is 4. The van der Waals surface area contributed by atoms with Crippen LogP contribution in [0.1, 0.15) is 73.8 Å².